The zero-order chi connectivity index (χ0) is 24.1. The number of nitrogens with zero attached hydrogens (tertiary/aromatic N) is 4. The van der Waals surface area contributed by atoms with Crippen LogP contribution in [-0.4, -0.2) is 57.0 Å². The van der Waals surface area contributed by atoms with Gasteiger partial charge in [0.1, 0.15) is 0 Å². The number of unbranched alkanes of at least 4 members (excludes halogenated alkanes) is 1. The minimum atomic E-state index is 0.249. The van der Waals surface area contributed by atoms with Crippen LogP contribution in [0.1, 0.15) is 31.7 Å². The van der Waals surface area contributed by atoms with E-state index in [0.29, 0.717) is 22.5 Å². The van der Waals surface area contributed by atoms with Crippen LogP contribution in [0.15, 0.2) is 47.6 Å². The maximum Gasteiger partial charge on any atom is 0.222 e. The zero-order valence-electron chi connectivity index (χ0n) is 19.4. The van der Waals surface area contributed by atoms with Crippen molar-refractivity contribution in [3.05, 3.63) is 58.1 Å². The number of piperazine rings is 1. The van der Waals surface area contributed by atoms with Crippen LogP contribution < -0.4 is 5.32 Å². The van der Waals surface area contributed by atoms with Gasteiger partial charge in [-0.3, -0.25) is 9.36 Å². The second-order valence-corrected chi connectivity index (χ2v) is 10.5. The van der Waals surface area contributed by atoms with E-state index < -0.39 is 0 Å². The van der Waals surface area contributed by atoms with Crippen molar-refractivity contribution in [3.8, 4) is 17.1 Å². The molecule has 1 amide bonds. The quantitative estimate of drug-likeness (QED) is 0.309. The fourth-order valence-corrected chi connectivity index (χ4v) is 5.21. The van der Waals surface area contributed by atoms with Crippen molar-refractivity contribution in [3.63, 3.8) is 0 Å². The van der Waals surface area contributed by atoms with Crippen molar-refractivity contribution in [2.24, 2.45) is 0 Å². The first kappa shape index (κ1) is 25.0. The van der Waals surface area contributed by atoms with Gasteiger partial charge in [0, 0.05) is 43.4 Å². The molecule has 0 aliphatic carbocycles. The summed E-state index contributed by atoms with van der Waals surface area (Å²) in [6.07, 6.45) is 2.36. The Balaban J connectivity index is 1.43. The Morgan fingerprint density at radius 1 is 1.12 bits per heavy atom. The second kappa shape index (κ2) is 11.6. The van der Waals surface area contributed by atoms with E-state index in [9.17, 15) is 4.79 Å². The summed E-state index contributed by atoms with van der Waals surface area (Å²) < 4.78 is 2.02. The van der Waals surface area contributed by atoms with Gasteiger partial charge in [-0.15, -0.1) is 10.2 Å². The number of halogens is 2. The van der Waals surface area contributed by atoms with Crippen molar-refractivity contribution in [1.82, 2.24) is 25.0 Å². The van der Waals surface area contributed by atoms with Gasteiger partial charge in [0.25, 0.3) is 0 Å². The molecule has 1 aliphatic heterocycles. The Morgan fingerprint density at radius 2 is 1.91 bits per heavy atom. The molecule has 4 rings (SSSR count). The number of aromatic nitrogens is 3. The Morgan fingerprint density at radius 3 is 2.65 bits per heavy atom. The number of aryl methyl sites for hydroxylation is 1. The number of hydrogen-bond acceptors (Lipinski definition) is 5. The van der Waals surface area contributed by atoms with E-state index in [-0.39, 0.29) is 5.91 Å². The highest BCUT2D eigenvalue weighted by atomic mass is 35.5. The molecule has 180 valence electrons. The van der Waals surface area contributed by atoms with Crippen LogP contribution in [0.5, 0.6) is 0 Å². The predicted octanol–water partition coefficient (Wildman–Crippen LogP) is 5.63. The summed E-state index contributed by atoms with van der Waals surface area (Å²) in [4.78, 5) is 14.5. The molecule has 1 N–H and O–H groups in total. The first-order chi connectivity index (χ1) is 16.4. The monoisotopic (exact) mass is 517 g/mol. The SMILES string of the molecule is Cc1ccc(-c2nnc(SCCCCC(=O)N3CCNC(C)C3)n2-c2ccc(Cl)c(Cl)c2)cc1. The number of carbonyl (C=O) groups excluding carboxylic acids is 1. The van der Waals surface area contributed by atoms with E-state index in [0.717, 1.165) is 60.5 Å². The molecule has 1 saturated heterocycles. The van der Waals surface area contributed by atoms with Gasteiger partial charge in [0.15, 0.2) is 11.0 Å². The lowest BCUT2D eigenvalue weighted by Crippen LogP contribution is -2.51. The summed E-state index contributed by atoms with van der Waals surface area (Å²) in [5.41, 5.74) is 3.02. The molecule has 0 radical (unpaired) electrons. The standard InChI is InChI=1S/C25H29Cl2N5OS/c1-17-6-8-19(9-7-17)24-29-30-25(32(24)20-10-11-21(26)22(27)15-20)34-14-4-3-5-23(33)31-13-12-28-18(2)16-31/h6-11,15,18,28H,3-5,12-14,16H2,1-2H3. The van der Waals surface area contributed by atoms with Crippen LogP contribution in [0.2, 0.25) is 10.0 Å². The van der Waals surface area contributed by atoms with Gasteiger partial charge in [0.05, 0.1) is 15.7 Å². The van der Waals surface area contributed by atoms with Crippen molar-refractivity contribution in [1.29, 1.82) is 0 Å². The lowest BCUT2D eigenvalue weighted by atomic mass is 10.1. The summed E-state index contributed by atoms with van der Waals surface area (Å²) in [5.74, 6) is 1.85. The lowest BCUT2D eigenvalue weighted by molar-refractivity contribution is -0.132. The lowest BCUT2D eigenvalue weighted by Gasteiger charge is -2.32. The van der Waals surface area contributed by atoms with Gasteiger partial charge in [-0.2, -0.15) is 0 Å². The van der Waals surface area contributed by atoms with Crippen LogP contribution >= 0.6 is 35.0 Å². The maximum absolute atomic E-state index is 12.5. The topological polar surface area (TPSA) is 63.1 Å². The summed E-state index contributed by atoms with van der Waals surface area (Å²) in [6.45, 7) is 6.64. The van der Waals surface area contributed by atoms with Crippen molar-refractivity contribution in [2.45, 2.75) is 44.3 Å². The average Bonchev–Trinajstić information content (AvgIpc) is 3.25. The Hall–Kier alpha value is -2.06. The number of rotatable bonds is 8. The number of amides is 1. The normalized spacial score (nSPS) is 16.1. The molecule has 1 fully saturated rings. The first-order valence-electron chi connectivity index (χ1n) is 11.5. The number of hydrogen-bond donors (Lipinski definition) is 1. The third kappa shape index (κ3) is 6.13. The van der Waals surface area contributed by atoms with E-state index in [2.05, 4.69) is 41.5 Å². The largest absolute Gasteiger partial charge is 0.340 e. The maximum atomic E-state index is 12.5. The van der Waals surface area contributed by atoms with E-state index in [4.69, 9.17) is 23.2 Å². The highest BCUT2D eigenvalue weighted by molar-refractivity contribution is 7.99. The van der Waals surface area contributed by atoms with Crippen molar-refractivity contribution in [2.75, 3.05) is 25.4 Å². The molecular formula is C25H29Cl2N5OS. The molecule has 9 heteroatoms. The van der Waals surface area contributed by atoms with Crippen LogP contribution in [0.4, 0.5) is 0 Å². The molecule has 1 unspecified atom stereocenters. The predicted molar refractivity (Wildman–Crippen MR) is 140 cm³/mol. The minimum Gasteiger partial charge on any atom is -0.340 e. The van der Waals surface area contributed by atoms with Gasteiger partial charge in [0.2, 0.25) is 5.91 Å². The summed E-state index contributed by atoms with van der Waals surface area (Å²) >= 11 is 14.1. The molecule has 2 heterocycles. The van der Waals surface area contributed by atoms with E-state index in [1.54, 1.807) is 17.8 Å². The molecule has 0 bridgehead atoms. The van der Waals surface area contributed by atoms with Gasteiger partial charge in [-0.25, -0.2) is 0 Å². The number of carbonyl (C=O) groups is 1. The number of thioether (sulfide) groups is 1. The van der Waals surface area contributed by atoms with Crippen LogP contribution in [0.3, 0.4) is 0 Å². The highest BCUT2D eigenvalue weighted by Gasteiger charge is 2.20. The molecule has 6 nitrogen and oxygen atoms in total. The molecule has 1 atom stereocenters. The molecule has 1 aromatic heterocycles. The van der Waals surface area contributed by atoms with E-state index >= 15 is 0 Å². The molecule has 2 aromatic carbocycles. The fourth-order valence-electron chi connectivity index (χ4n) is 3.97. The van der Waals surface area contributed by atoms with Crippen LogP contribution in [0.25, 0.3) is 17.1 Å². The molecule has 0 saturated carbocycles. The summed E-state index contributed by atoms with van der Waals surface area (Å²) in [6, 6.07) is 14.1. The molecule has 34 heavy (non-hydrogen) atoms. The third-order valence-corrected chi connectivity index (χ3v) is 7.60. The molecule has 0 spiro atoms. The fraction of sp³-hybridized carbons (Fsp3) is 0.400. The van der Waals surface area contributed by atoms with Crippen molar-refractivity contribution >= 4 is 40.9 Å². The average molecular weight is 519 g/mol. The third-order valence-electron chi connectivity index (χ3n) is 5.84. The van der Waals surface area contributed by atoms with E-state index in [1.807, 2.05) is 33.7 Å². The minimum absolute atomic E-state index is 0.249. The highest BCUT2D eigenvalue weighted by Crippen LogP contribution is 2.32. The van der Waals surface area contributed by atoms with Gasteiger partial charge < -0.3 is 10.2 Å². The number of nitrogens with one attached hydrogen (secondary N) is 1. The zero-order valence-corrected chi connectivity index (χ0v) is 21.8. The van der Waals surface area contributed by atoms with E-state index in [1.165, 1.54) is 5.56 Å². The van der Waals surface area contributed by atoms with Gasteiger partial charge in [-0.05, 0) is 44.9 Å². The molecule has 3 aromatic rings. The van der Waals surface area contributed by atoms with Gasteiger partial charge in [-0.1, -0.05) is 64.8 Å². The summed E-state index contributed by atoms with van der Waals surface area (Å²) in [5, 5.41) is 14.1. The van der Waals surface area contributed by atoms with Crippen LogP contribution in [0, 0.1) is 6.92 Å². The number of benzene rings is 2. The van der Waals surface area contributed by atoms with Crippen LogP contribution in [-0.2, 0) is 4.79 Å². The second-order valence-electron chi connectivity index (χ2n) is 8.61. The smallest absolute Gasteiger partial charge is 0.222 e. The summed E-state index contributed by atoms with van der Waals surface area (Å²) in [7, 11) is 0. The first-order valence-corrected chi connectivity index (χ1v) is 13.3. The molecular weight excluding hydrogens is 489 g/mol. The van der Waals surface area contributed by atoms with Gasteiger partial charge >= 0.3 is 0 Å². The Kier molecular flexibility index (Phi) is 8.53. The Labute approximate surface area is 215 Å². The Bertz CT molecular complexity index is 1130. The molecule has 1 aliphatic rings. The van der Waals surface area contributed by atoms with Crippen molar-refractivity contribution < 1.29 is 4.79 Å².